The molecule has 1 heterocycles. The minimum absolute atomic E-state index is 0.0661. The van der Waals surface area contributed by atoms with Gasteiger partial charge in [0.1, 0.15) is 0 Å². The van der Waals surface area contributed by atoms with Gasteiger partial charge in [0.05, 0.1) is 11.3 Å². The molecule has 0 aliphatic heterocycles. The number of carbonyl (C=O) groups excluding carboxylic acids is 1. The number of benzene rings is 1. The third-order valence-electron chi connectivity index (χ3n) is 2.09. The standard InChI is InChI=1S/C11H8N2O3/c14-7-8-6-13(12-10(8)11(15)16)9-4-2-1-3-5-9/h1-7H,(H,15,16). The van der Waals surface area contributed by atoms with E-state index in [0.717, 1.165) is 0 Å². The maximum atomic E-state index is 10.8. The van der Waals surface area contributed by atoms with Crippen molar-refractivity contribution < 1.29 is 14.7 Å². The molecule has 2 aromatic rings. The van der Waals surface area contributed by atoms with Crippen LogP contribution in [-0.4, -0.2) is 27.1 Å². The number of hydrogen-bond donors (Lipinski definition) is 1. The number of nitrogens with zero attached hydrogens (tertiary/aromatic N) is 2. The molecule has 0 aliphatic carbocycles. The van der Waals surface area contributed by atoms with E-state index in [0.29, 0.717) is 12.0 Å². The van der Waals surface area contributed by atoms with Crippen LogP contribution in [0.4, 0.5) is 0 Å². The number of carbonyl (C=O) groups is 2. The van der Waals surface area contributed by atoms with Crippen molar-refractivity contribution in [2.75, 3.05) is 0 Å². The fourth-order valence-electron chi connectivity index (χ4n) is 1.35. The molecule has 0 saturated carbocycles. The van der Waals surface area contributed by atoms with Crippen LogP contribution in [0.2, 0.25) is 0 Å². The van der Waals surface area contributed by atoms with Gasteiger partial charge >= 0.3 is 5.97 Å². The smallest absolute Gasteiger partial charge is 0.357 e. The van der Waals surface area contributed by atoms with Crippen LogP contribution in [0.5, 0.6) is 0 Å². The van der Waals surface area contributed by atoms with Gasteiger partial charge in [0.15, 0.2) is 12.0 Å². The van der Waals surface area contributed by atoms with Gasteiger partial charge in [-0.25, -0.2) is 9.48 Å². The molecule has 0 bridgehead atoms. The van der Waals surface area contributed by atoms with E-state index in [9.17, 15) is 9.59 Å². The highest BCUT2D eigenvalue weighted by Crippen LogP contribution is 2.10. The second-order valence-electron chi connectivity index (χ2n) is 3.14. The monoisotopic (exact) mass is 216 g/mol. The van der Waals surface area contributed by atoms with Gasteiger partial charge in [-0.2, -0.15) is 5.10 Å². The molecule has 1 N–H and O–H groups in total. The van der Waals surface area contributed by atoms with Gasteiger partial charge in [0.2, 0.25) is 0 Å². The molecule has 0 fully saturated rings. The van der Waals surface area contributed by atoms with E-state index >= 15 is 0 Å². The first-order chi connectivity index (χ1) is 7.72. The lowest BCUT2D eigenvalue weighted by atomic mass is 10.3. The zero-order valence-electron chi connectivity index (χ0n) is 8.20. The van der Waals surface area contributed by atoms with E-state index in [1.54, 1.807) is 24.3 Å². The summed E-state index contributed by atoms with van der Waals surface area (Å²) in [7, 11) is 0. The topological polar surface area (TPSA) is 72.2 Å². The lowest BCUT2D eigenvalue weighted by Crippen LogP contribution is -2.02. The average molecular weight is 216 g/mol. The number of para-hydroxylation sites is 1. The fourth-order valence-corrected chi connectivity index (χ4v) is 1.35. The van der Waals surface area contributed by atoms with Gasteiger partial charge in [-0.3, -0.25) is 4.79 Å². The van der Waals surface area contributed by atoms with Crippen LogP contribution < -0.4 is 0 Å². The molecule has 16 heavy (non-hydrogen) atoms. The number of aromatic nitrogens is 2. The first-order valence-corrected chi connectivity index (χ1v) is 4.56. The van der Waals surface area contributed by atoms with E-state index in [-0.39, 0.29) is 11.3 Å². The summed E-state index contributed by atoms with van der Waals surface area (Å²) in [4.78, 5) is 21.5. The predicted octanol–water partition coefficient (Wildman–Crippen LogP) is 1.38. The third kappa shape index (κ3) is 1.70. The number of hydrogen-bond acceptors (Lipinski definition) is 3. The largest absolute Gasteiger partial charge is 0.476 e. The van der Waals surface area contributed by atoms with Crippen molar-refractivity contribution in [2.45, 2.75) is 0 Å². The first-order valence-electron chi connectivity index (χ1n) is 4.56. The van der Waals surface area contributed by atoms with E-state index in [4.69, 9.17) is 5.11 Å². The SMILES string of the molecule is O=Cc1cn(-c2ccccc2)nc1C(=O)O. The highest BCUT2D eigenvalue weighted by atomic mass is 16.4. The summed E-state index contributed by atoms with van der Waals surface area (Å²) in [5, 5.41) is 12.7. The van der Waals surface area contributed by atoms with Gasteiger partial charge in [-0.15, -0.1) is 0 Å². The summed E-state index contributed by atoms with van der Waals surface area (Å²) >= 11 is 0. The molecule has 0 radical (unpaired) electrons. The first kappa shape index (κ1) is 10.1. The minimum Gasteiger partial charge on any atom is -0.476 e. The molecule has 2 rings (SSSR count). The molecule has 0 atom stereocenters. The van der Waals surface area contributed by atoms with E-state index in [2.05, 4.69) is 5.10 Å². The van der Waals surface area contributed by atoms with Crippen molar-refractivity contribution in [3.63, 3.8) is 0 Å². The molecule has 0 aliphatic rings. The second-order valence-corrected chi connectivity index (χ2v) is 3.14. The Hall–Kier alpha value is -2.43. The van der Waals surface area contributed by atoms with Gasteiger partial charge in [0.25, 0.3) is 0 Å². The van der Waals surface area contributed by atoms with Crippen molar-refractivity contribution in [3.05, 3.63) is 47.8 Å². The molecule has 5 nitrogen and oxygen atoms in total. The highest BCUT2D eigenvalue weighted by Gasteiger charge is 2.15. The van der Waals surface area contributed by atoms with Crippen molar-refractivity contribution >= 4 is 12.3 Å². The normalized spacial score (nSPS) is 10.0. The van der Waals surface area contributed by atoms with Gasteiger partial charge in [0, 0.05) is 6.20 Å². The maximum absolute atomic E-state index is 10.8. The predicted molar refractivity (Wildman–Crippen MR) is 55.9 cm³/mol. The Labute approximate surface area is 90.9 Å². The lowest BCUT2D eigenvalue weighted by Gasteiger charge is -1.98. The minimum atomic E-state index is -1.21. The van der Waals surface area contributed by atoms with Crippen LogP contribution in [0, 0.1) is 0 Å². The van der Waals surface area contributed by atoms with E-state index in [1.807, 2.05) is 6.07 Å². The number of carboxylic acid groups (broad SMARTS) is 1. The maximum Gasteiger partial charge on any atom is 0.357 e. The average Bonchev–Trinajstić information content (AvgIpc) is 2.74. The fraction of sp³-hybridized carbons (Fsp3) is 0. The van der Waals surface area contributed by atoms with Crippen molar-refractivity contribution in [3.8, 4) is 5.69 Å². The Balaban J connectivity index is 2.52. The van der Waals surface area contributed by atoms with Crippen LogP contribution in [0.1, 0.15) is 20.8 Å². The van der Waals surface area contributed by atoms with E-state index in [1.165, 1.54) is 10.9 Å². The molecule has 80 valence electrons. The van der Waals surface area contributed by atoms with E-state index < -0.39 is 5.97 Å². The van der Waals surface area contributed by atoms with Crippen LogP contribution in [0.3, 0.4) is 0 Å². The molecule has 5 heteroatoms. The number of rotatable bonds is 3. The summed E-state index contributed by atoms with van der Waals surface area (Å²) in [6.45, 7) is 0. The Bertz CT molecular complexity index is 531. The summed E-state index contributed by atoms with van der Waals surface area (Å²) in [6.07, 6.45) is 1.88. The van der Waals surface area contributed by atoms with Crippen LogP contribution in [-0.2, 0) is 0 Å². The summed E-state index contributed by atoms with van der Waals surface area (Å²) in [5.74, 6) is -1.21. The molecule has 1 aromatic heterocycles. The molecule has 0 spiro atoms. The number of aromatic carboxylic acids is 1. The summed E-state index contributed by atoms with van der Waals surface area (Å²) in [5.41, 5.74) is 0.535. The second kappa shape index (κ2) is 3.98. The molecule has 1 aromatic carbocycles. The number of carboxylic acids is 1. The Morgan fingerprint density at radius 3 is 2.50 bits per heavy atom. The molecule has 0 amide bonds. The zero-order valence-corrected chi connectivity index (χ0v) is 8.20. The van der Waals surface area contributed by atoms with Crippen LogP contribution in [0.15, 0.2) is 36.5 Å². The number of aldehydes is 1. The van der Waals surface area contributed by atoms with Crippen LogP contribution in [0.25, 0.3) is 5.69 Å². The molecular formula is C11H8N2O3. The molecular weight excluding hydrogens is 208 g/mol. The van der Waals surface area contributed by atoms with Crippen molar-refractivity contribution in [2.24, 2.45) is 0 Å². The zero-order chi connectivity index (χ0) is 11.5. The lowest BCUT2D eigenvalue weighted by molar-refractivity contribution is 0.0687. The quantitative estimate of drug-likeness (QED) is 0.787. The van der Waals surface area contributed by atoms with Crippen molar-refractivity contribution in [1.29, 1.82) is 0 Å². The van der Waals surface area contributed by atoms with Crippen LogP contribution >= 0.6 is 0 Å². The Kier molecular flexibility index (Phi) is 2.51. The van der Waals surface area contributed by atoms with Gasteiger partial charge in [-0.1, -0.05) is 18.2 Å². The Morgan fingerprint density at radius 1 is 1.31 bits per heavy atom. The summed E-state index contributed by atoms with van der Waals surface area (Å²) < 4.78 is 1.37. The Morgan fingerprint density at radius 2 is 2.00 bits per heavy atom. The highest BCUT2D eigenvalue weighted by molar-refractivity contribution is 5.95. The third-order valence-corrected chi connectivity index (χ3v) is 2.09. The van der Waals surface area contributed by atoms with Crippen molar-refractivity contribution in [1.82, 2.24) is 9.78 Å². The molecule has 0 saturated heterocycles. The molecule has 0 unspecified atom stereocenters. The van der Waals surface area contributed by atoms with Gasteiger partial charge in [-0.05, 0) is 12.1 Å². The summed E-state index contributed by atoms with van der Waals surface area (Å²) in [6, 6.07) is 8.99. The van der Waals surface area contributed by atoms with Gasteiger partial charge < -0.3 is 5.11 Å².